The number of hydrogen-bond donors (Lipinski definition) is 2. The van der Waals surface area contributed by atoms with Gasteiger partial charge in [-0.3, -0.25) is 9.59 Å². The van der Waals surface area contributed by atoms with Crippen LogP contribution in [-0.4, -0.2) is 29.3 Å². The van der Waals surface area contributed by atoms with E-state index in [1.807, 2.05) is 0 Å². The average molecular weight is 316 g/mol. The van der Waals surface area contributed by atoms with Crippen molar-refractivity contribution in [1.29, 1.82) is 0 Å². The molecule has 2 N–H and O–H groups in total. The van der Waals surface area contributed by atoms with Crippen molar-refractivity contribution in [2.45, 2.75) is 12.8 Å². The van der Waals surface area contributed by atoms with Gasteiger partial charge >= 0.3 is 11.9 Å². The molecule has 2 aromatic carbocycles. The number of aliphatic carboxylic acids is 2. The Hall–Kier alpha value is -3.02. The van der Waals surface area contributed by atoms with Crippen LogP contribution in [0.5, 0.6) is 17.2 Å². The first kappa shape index (κ1) is 16.4. The van der Waals surface area contributed by atoms with Crippen molar-refractivity contribution in [3.8, 4) is 17.2 Å². The molecule has 0 aromatic heterocycles. The molecule has 0 fully saturated rings. The fourth-order valence-corrected chi connectivity index (χ4v) is 2.11. The van der Waals surface area contributed by atoms with Gasteiger partial charge in [-0.05, 0) is 35.4 Å². The summed E-state index contributed by atoms with van der Waals surface area (Å²) in [6, 6.07) is 11.6. The number of methoxy groups -OCH3 is 1. The second-order valence-corrected chi connectivity index (χ2v) is 4.88. The maximum Gasteiger partial charge on any atom is 0.307 e. The molecule has 23 heavy (non-hydrogen) atoms. The van der Waals surface area contributed by atoms with E-state index >= 15 is 0 Å². The maximum atomic E-state index is 10.8. The lowest BCUT2D eigenvalue weighted by Gasteiger charge is -2.12. The first-order valence-corrected chi connectivity index (χ1v) is 6.85. The van der Waals surface area contributed by atoms with Gasteiger partial charge in [0.1, 0.15) is 5.75 Å². The molecule has 0 heterocycles. The zero-order valence-corrected chi connectivity index (χ0v) is 12.5. The predicted octanol–water partition coefficient (Wildman–Crippen LogP) is 2.74. The van der Waals surface area contributed by atoms with E-state index in [1.54, 1.807) is 42.5 Å². The molecule has 0 spiro atoms. The molecule has 120 valence electrons. The summed E-state index contributed by atoms with van der Waals surface area (Å²) in [5.41, 5.74) is 1.19. The molecule has 0 saturated heterocycles. The SMILES string of the molecule is COc1ccc(CC(=O)O)cc1Oc1cccc(CC(=O)O)c1. The Morgan fingerprint density at radius 1 is 0.913 bits per heavy atom. The van der Waals surface area contributed by atoms with Crippen LogP contribution in [0.4, 0.5) is 0 Å². The summed E-state index contributed by atoms with van der Waals surface area (Å²) in [5, 5.41) is 17.7. The van der Waals surface area contributed by atoms with Crippen molar-refractivity contribution in [2.75, 3.05) is 7.11 Å². The fourth-order valence-electron chi connectivity index (χ4n) is 2.11. The highest BCUT2D eigenvalue weighted by Gasteiger charge is 2.10. The Balaban J connectivity index is 2.27. The van der Waals surface area contributed by atoms with E-state index in [9.17, 15) is 9.59 Å². The minimum Gasteiger partial charge on any atom is -0.493 e. The normalized spacial score (nSPS) is 10.1. The van der Waals surface area contributed by atoms with Crippen LogP contribution in [0.1, 0.15) is 11.1 Å². The first-order valence-electron chi connectivity index (χ1n) is 6.85. The second kappa shape index (κ2) is 7.31. The van der Waals surface area contributed by atoms with Gasteiger partial charge in [-0.15, -0.1) is 0 Å². The van der Waals surface area contributed by atoms with Crippen molar-refractivity contribution in [1.82, 2.24) is 0 Å². The van der Waals surface area contributed by atoms with Crippen LogP contribution in [-0.2, 0) is 22.4 Å². The summed E-state index contributed by atoms with van der Waals surface area (Å²) in [6.07, 6.45) is -0.229. The number of benzene rings is 2. The summed E-state index contributed by atoms with van der Waals surface area (Å²) in [6.45, 7) is 0. The molecule has 0 saturated carbocycles. The summed E-state index contributed by atoms with van der Waals surface area (Å²) in [4.78, 5) is 21.6. The number of ether oxygens (including phenoxy) is 2. The second-order valence-electron chi connectivity index (χ2n) is 4.88. The van der Waals surface area contributed by atoms with Gasteiger partial charge in [0.25, 0.3) is 0 Å². The largest absolute Gasteiger partial charge is 0.493 e. The highest BCUT2D eigenvalue weighted by molar-refractivity contribution is 5.71. The summed E-state index contributed by atoms with van der Waals surface area (Å²) >= 11 is 0. The first-order chi connectivity index (χ1) is 11.0. The molecule has 0 atom stereocenters. The van der Waals surface area contributed by atoms with Gasteiger partial charge in [-0.1, -0.05) is 18.2 Å². The third-order valence-corrected chi connectivity index (χ3v) is 3.06. The van der Waals surface area contributed by atoms with E-state index in [4.69, 9.17) is 19.7 Å². The third-order valence-electron chi connectivity index (χ3n) is 3.06. The minimum atomic E-state index is -0.940. The Morgan fingerprint density at radius 2 is 1.57 bits per heavy atom. The topological polar surface area (TPSA) is 93.1 Å². The van der Waals surface area contributed by atoms with Crippen LogP contribution < -0.4 is 9.47 Å². The standard InChI is InChI=1S/C17H16O6/c1-22-14-6-5-12(10-17(20)21)8-15(14)23-13-4-2-3-11(7-13)9-16(18)19/h2-8H,9-10H2,1H3,(H,18,19)(H,20,21). The van der Waals surface area contributed by atoms with E-state index in [2.05, 4.69) is 0 Å². The number of hydrogen-bond acceptors (Lipinski definition) is 4. The lowest BCUT2D eigenvalue weighted by Crippen LogP contribution is -2.01. The molecule has 6 heteroatoms. The van der Waals surface area contributed by atoms with Crippen molar-refractivity contribution in [2.24, 2.45) is 0 Å². The molecule has 0 amide bonds. The summed E-state index contributed by atoms with van der Waals surface area (Å²) in [7, 11) is 1.49. The number of carbonyl (C=O) groups is 2. The minimum absolute atomic E-state index is 0.104. The quantitative estimate of drug-likeness (QED) is 0.816. The molecular formula is C17H16O6. The molecule has 0 aliphatic rings. The van der Waals surface area contributed by atoms with Crippen LogP contribution in [0.15, 0.2) is 42.5 Å². The van der Waals surface area contributed by atoms with Gasteiger partial charge in [0.05, 0.1) is 20.0 Å². The molecular weight excluding hydrogens is 300 g/mol. The average Bonchev–Trinajstić information content (AvgIpc) is 2.46. The number of carboxylic acid groups (broad SMARTS) is 2. The van der Waals surface area contributed by atoms with E-state index in [-0.39, 0.29) is 12.8 Å². The van der Waals surface area contributed by atoms with Crippen LogP contribution >= 0.6 is 0 Å². The van der Waals surface area contributed by atoms with Crippen LogP contribution in [0.25, 0.3) is 0 Å². The van der Waals surface area contributed by atoms with Gasteiger partial charge in [0.15, 0.2) is 11.5 Å². The number of carboxylic acids is 2. The molecule has 0 radical (unpaired) electrons. The molecule has 0 aliphatic carbocycles. The highest BCUT2D eigenvalue weighted by atomic mass is 16.5. The van der Waals surface area contributed by atoms with Gasteiger partial charge in [-0.25, -0.2) is 0 Å². The molecule has 0 aliphatic heterocycles. The monoisotopic (exact) mass is 316 g/mol. The van der Waals surface area contributed by atoms with Crippen LogP contribution in [0.2, 0.25) is 0 Å². The van der Waals surface area contributed by atoms with E-state index in [0.29, 0.717) is 28.4 Å². The third kappa shape index (κ3) is 4.74. The summed E-state index contributed by atoms with van der Waals surface area (Å²) < 4.78 is 10.9. The van der Waals surface area contributed by atoms with E-state index in [0.717, 1.165) is 0 Å². The van der Waals surface area contributed by atoms with Gasteiger partial charge in [0.2, 0.25) is 0 Å². The van der Waals surface area contributed by atoms with Gasteiger partial charge in [-0.2, -0.15) is 0 Å². The van der Waals surface area contributed by atoms with Crippen LogP contribution in [0.3, 0.4) is 0 Å². The van der Waals surface area contributed by atoms with Crippen molar-refractivity contribution >= 4 is 11.9 Å². The highest BCUT2D eigenvalue weighted by Crippen LogP contribution is 2.33. The maximum absolute atomic E-state index is 10.8. The molecule has 6 nitrogen and oxygen atoms in total. The van der Waals surface area contributed by atoms with Crippen molar-refractivity contribution in [3.05, 3.63) is 53.6 Å². The van der Waals surface area contributed by atoms with Crippen molar-refractivity contribution in [3.63, 3.8) is 0 Å². The fraction of sp³-hybridized carbons (Fsp3) is 0.176. The summed E-state index contributed by atoms with van der Waals surface area (Å²) in [5.74, 6) is -0.580. The Bertz CT molecular complexity index is 723. The lowest BCUT2D eigenvalue weighted by atomic mass is 10.1. The molecule has 0 bridgehead atoms. The molecule has 2 aromatic rings. The van der Waals surface area contributed by atoms with E-state index in [1.165, 1.54) is 7.11 Å². The zero-order chi connectivity index (χ0) is 16.8. The van der Waals surface area contributed by atoms with Gasteiger partial charge < -0.3 is 19.7 Å². The molecule has 0 unspecified atom stereocenters. The van der Waals surface area contributed by atoms with Crippen molar-refractivity contribution < 1.29 is 29.3 Å². The predicted molar refractivity (Wildman–Crippen MR) is 82.2 cm³/mol. The Labute approximate surface area is 132 Å². The molecule has 2 rings (SSSR count). The Morgan fingerprint density at radius 3 is 2.17 bits per heavy atom. The zero-order valence-electron chi connectivity index (χ0n) is 12.5. The van der Waals surface area contributed by atoms with Crippen LogP contribution in [0, 0.1) is 0 Å². The number of rotatable bonds is 7. The van der Waals surface area contributed by atoms with E-state index < -0.39 is 11.9 Å². The Kier molecular flexibility index (Phi) is 5.19. The van der Waals surface area contributed by atoms with Gasteiger partial charge in [0, 0.05) is 0 Å². The smallest absolute Gasteiger partial charge is 0.307 e. The lowest BCUT2D eigenvalue weighted by molar-refractivity contribution is -0.137.